The highest BCUT2D eigenvalue weighted by Crippen LogP contribution is 2.30. The number of nitrogens with zero attached hydrogens (tertiary/aromatic N) is 1. The van der Waals surface area contributed by atoms with Crippen molar-refractivity contribution in [1.82, 2.24) is 4.90 Å². The molecule has 1 N–H and O–H groups in total. The van der Waals surface area contributed by atoms with Crippen LogP contribution >= 0.6 is 11.6 Å². The fourth-order valence-electron chi connectivity index (χ4n) is 2.91. The highest BCUT2D eigenvalue weighted by atomic mass is 35.5. The molecule has 0 spiro atoms. The molecule has 2 aromatic carbocycles. The Balaban J connectivity index is 1.86. The predicted molar refractivity (Wildman–Crippen MR) is 100 cm³/mol. The SMILES string of the molecule is CCc1ccc(CN(C)Cc2cc(=O)oc3cc(O)c(Cl)cc23)cc1. The van der Waals surface area contributed by atoms with Gasteiger partial charge in [0.1, 0.15) is 11.3 Å². The summed E-state index contributed by atoms with van der Waals surface area (Å²) < 4.78 is 5.17. The molecule has 4 nitrogen and oxygen atoms in total. The second kappa shape index (κ2) is 7.30. The molecule has 0 fully saturated rings. The molecule has 1 heterocycles. The molecule has 0 aliphatic heterocycles. The Kier molecular flexibility index (Phi) is 5.11. The van der Waals surface area contributed by atoms with Crippen molar-refractivity contribution >= 4 is 22.6 Å². The van der Waals surface area contributed by atoms with Crippen LogP contribution in [0.3, 0.4) is 0 Å². The molecule has 0 saturated carbocycles. The van der Waals surface area contributed by atoms with Gasteiger partial charge in [-0.2, -0.15) is 0 Å². The zero-order chi connectivity index (χ0) is 18.0. The van der Waals surface area contributed by atoms with E-state index in [0.29, 0.717) is 12.1 Å². The average molecular weight is 358 g/mol. The van der Waals surface area contributed by atoms with Crippen molar-refractivity contribution in [2.24, 2.45) is 0 Å². The normalized spacial score (nSPS) is 11.4. The van der Waals surface area contributed by atoms with Gasteiger partial charge in [-0.15, -0.1) is 0 Å². The van der Waals surface area contributed by atoms with E-state index < -0.39 is 5.63 Å². The minimum Gasteiger partial charge on any atom is -0.506 e. The van der Waals surface area contributed by atoms with Crippen LogP contribution in [0, 0.1) is 0 Å². The Morgan fingerprint density at radius 3 is 2.44 bits per heavy atom. The van der Waals surface area contributed by atoms with E-state index in [1.807, 2.05) is 7.05 Å². The molecule has 0 saturated heterocycles. The van der Waals surface area contributed by atoms with E-state index in [4.69, 9.17) is 16.0 Å². The Hall–Kier alpha value is -2.30. The Morgan fingerprint density at radius 2 is 1.76 bits per heavy atom. The monoisotopic (exact) mass is 357 g/mol. The number of phenols is 1. The first-order valence-corrected chi connectivity index (χ1v) is 8.55. The molecule has 3 aromatic rings. The molecule has 0 aliphatic rings. The van der Waals surface area contributed by atoms with Crippen molar-refractivity contribution in [1.29, 1.82) is 0 Å². The van der Waals surface area contributed by atoms with Gasteiger partial charge in [-0.25, -0.2) is 4.79 Å². The Morgan fingerprint density at radius 1 is 1.08 bits per heavy atom. The highest BCUT2D eigenvalue weighted by molar-refractivity contribution is 6.32. The summed E-state index contributed by atoms with van der Waals surface area (Å²) in [7, 11) is 2.00. The quantitative estimate of drug-likeness (QED) is 0.690. The van der Waals surface area contributed by atoms with E-state index in [2.05, 4.69) is 36.1 Å². The molecule has 130 valence electrons. The van der Waals surface area contributed by atoms with Crippen molar-refractivity contribution in [3.05, 3.63) is 74.6 Å². The van der Waals surface area contributed by atoms with E-state index in [1.54, 1.807) is 6.07 Å². The summed E-state index contributed by atoms with van der Waals surface area (Å²) in [6.07, 6.45) is 1.02. The van der Waals surface area contributed by atoms with Crippen molar-refractivity contribution in [2.45, 2.75) is 26.4 Å². The third-order valence-corrected chi connectivity index (χ3v) is 4.52. The van der Waals surface area contributed by atoms with E-state index in [-0.39, 0.29) is 10.8 Å². The van der Waals surface area contributed by atoms with Crippen LogP contribution < -0.4 is 5.63 Å². The van der Waals surface area contributed by atoms with Crippen molar-refractivity contribution < 1.29 is 9.52 Å². The minimum absolute atomic E-state index is 0.0983. The van der Waals surface area contributed by atoms with Crippen LogP contribution in [-0.2, 0) is 19.5 Å². The first kappa shape index (κ1) is 17.5. The van der Waals surface area contributed by atoms with Crippen molar-refractivity contribution in [3.8, 4) is 5.75 Å². The lowest BCUT2D eigenvalue weighted by molar-refractivity contribution is 0.319. The molecule has 0 bridgehead atoms. The molecule has 25 heavy (non-hydrogen) atoms. The lowest BCUT2D eigenvalue weighted by Crippen LogP contribution is -2.18. The highest BCUT2D eigenvalue weighted by Gasteiger charge is 2.11. The number of phenolic OH excluding ortho intramolecular Hbond substituents is 1. The molecule has 0 unspecified atom stereocenters. The molecular weight excluding hydrogens is 338 g/mol. The Labute approximate surface area is 151 Å². The first-order valence-electron chi connectivity index (χ1n) is 8.18. The molecule has 0 atom stereocenters. The third-order valence-electron chi connectivity index (χ3n) is 4.22. The number of halogens is 1. The van der Waals surface area contributed by atoms with E-state index in [0.717, 1.165) is 23.9 Å². The summed E-state index contributed by atoms with van der Waals surface area (Å²) in [5.74, 6) is -0.0983. The molecule has 3 rings (SSSR count). The minimum atomic E-state index is -0.440. The zero-order valence-electron chi connectivity index (χ0n) is 14.3. The van der Waals surface area contributed by atoms with Gasteiger partial charge in [0.25, 0.3) is 0 Å². The maximum Gasteiger partial charge on any atom is 0.336 e. The summed E-state index contributed by atoms with van der Waals surface area (Å²) >= 11 is 6.01. The maximum atomic E-state index is 11.8. The van der Waals surface area contributed by atoms with Crippen molar-refractivity contribution in [2.75, 3.05) is 7.05 Å². The molecular formula is C20H20ClNO3. The second-order valence-corrected chi connectivity index (χ2v) is 6.64. The number of benzene rings is 2. The predicted octanol–water partition coefficient (Wildman–Crippen LogP) is 4.35. The maximum absolute atomic E-state index is 11.8. The molecule has 0 amide bonds. The van der Waals surface area contributed by atoms with Gasteiger partial charge in [-0.05, 0) is 36.2 Å². The number of hydrogen-bond acceptors (Lipinski definition) is 4. The fourth-order valence-corrected chi connectivity index (χ4v) is 3.07. The smallest absolute Gasteiger partial charge is 0.336 e. The van der Waals surface area contributed by atoms with Crippen LogP contribution in [0.15, 0.2) is 51.7 Å². The number of hydrogen-bond donors (Lipinski definition) is 1. The molecule has 1 aromatic heterocycles. The summed E-state index contributed by atoms with van der Waals surface area (Å²) in [6.45, 7) is 3.46. The lowest BCUT2D eigenvalue weighted by atomic mass is 10.1. The standard InChI is InChI=1S/C20H20ClNO3/c1-3-13-4-6-14(7-5-13)11-22(2)12-15-8-20(24)25-19-10-18(23)17(21)9-16(15)19/h4-10,23H,3,11-12H2,1-2H3. The number of aryl methyl sites for hydroxylation is 1. The summed E-state index contributed by atoms with van der Waals surface area (Å²) in [6, 6.07) is 13.0. The topological polar surface area (TPSA) is 53.7 Å². The van der Waals surface area contributed by atoms with E-state index in [9.17, 15) is 9.90 Å². The van der Waals surface area contributed by atoms with E-state index in [1.165, 1.54) is 23.3 Å². The van der Waals surface area contributed by atoms with Gasteiger partial charge < -0.3 is 9.52 Å². The van der Waals surface area contributed by atoms with Gasteiger partial charge in [0, 0.05) is 30.6 Å². The van der Waals surface area contributed by atoms with Gasteiger partial charge in [-0.1, -0.05) is 42.8 Å². The number of fused-ring (bicyclic) bond motifs is 1. The van der Waals surface area contributed by atoms with Crippen LogP contribution in [0.2, 0.25) is 5.02 Å². The fraction of sp³-hybridized carbons (Fsp3) is 0.250. The van der Waals surface area contributed by atoms with Gasteiger partial charge in [0.15, 0.2) is 0 Å². The number of aromatic hydroxyl groups is 1. The largest absolute Gasteiger partial charge is 0.506 e. The summed E-state index contributed by atoms with van der Waals surface area (Å²) in [5, 5.41) is 10.7. The molecule has 5 heteroatoms. The summed E-state index contributed by atoms with van der Waals surface area (Å²) in [4.78, 5) is 13.9. The van der Waals surface area contributed by atoms with Crippen LogP contribution in [0.4, 0.5) is 0 Å². The van der Waals surface area contributed by atoms with Crippen LogP contribution in [0.25, 0.3) is 11.0 Å². The third kappa shape index (κ3) is 4.03. The van der Waals surface area contributed by atoms with Gasteiger partial charge in [-0.3, -0.25) is 4.90 Å². The average Bonchev–Trinajstić information content (AvgIpc) is 2.57. The lowest BCUT2D eigenvalue weighted by Gasteiger charge is -2.18. The van der Waals surface area contributed by atoms with Crippen LogP contribution in [-0.4, -0.2) is 17.1 Å². The van der Waals surface area contributed by atoms with Crippen LogP contribution in [0.5, 0.6) is 5.75 Å². The molecule has 0 aliphatic carbocycles. The molecule has 0 radical (unpaired) electrons. The van der Waals surface area contributed by atoms with Gasteiger partial charge in [0.05, 0.1) is 5.02 Å². The second-order valence-electron chi connectivity index (χ2n) is 6.23. The number of rotatable bonds is 5. The van der Waals surface area contributed by atoms with Crippen molar-refractivity contribution in [3.63, 3.8) is 0 Å². The zero-order valence-corrected chi connectivity index (χ0v) is 15.0. The van der Waals surface area contributed by atoms with Gasteiger partial charge in [0.2, 0.25) is 0 Å². The van der Waals surface area contributed by atoms with Crippen LogP contribution in [0.1, 0.15) is 23.6 Å². The first-order chi connectivity index (χ1) is 12.0. The van der Waals surface area contributed by atoms with E-state index >= 15 is 0 Å². The Bertz CT molecular complexity index is 948. The summed E-state index contributed by atoms with van der Waals surface area (Å²) in [5.41, 5.74) is 3.24. The van der Waals surface area contributed by atoms with Gasteiger partial charge >= 0.3 is 5.63 Å².